The van der Waals surface area contributed by atoms with Crippen molar-refractivity contribution in [2.24, 2.45) is 0 Å². The molecule has 0 saturated carbocycles. The first-order chi connectivity index (χ1) is 7.01. The first-order valence-corrected chi connectivity index (χ1v) is 5.52. The normalized spacial score (nSPS) is 16.7. The van der Waals surface area contributed by atoms with Gasteiger partial charge in [-0.3, -0.25) is 0 Å². The van der Waals surface area contributed by atoms with Crippen LogP contribution in [0.4, 0.5) is 0 Å². The lowest BCUT2D eigenvalue weighted by Crippen LogP contribution is -2.37. The maximum atomic E-state index is 3.66. The van der Waals surface area contributed by atoms with E-state index in [4.69, 9.17) is 0 Å². The average molecular weight is 206 g/mol. The third-order valence-electron chi connectivity index (χ3n) is 2.37. The molecule has 0 spiro atoms. The van der Waals surface area contributed by atoms with Gasteiger partial charge in [0.05, 0.1) is 0 Å². The molecule has 0 atom stereocenters. The number of rotatable bonds is 4. The lowest BCUT2D eigenvalue weighted by atomic mass is 10.0. The van der Waals surface area contributed by atoms with Crippen molar-refractivity contribution >= 4 is 0 Å². The fourth-order valence-corrected chi connectivity index (χ4v) is 1.46. The van der Waals surface area contributed by atoms with Gasteiger partial charge in [-0.05, 0) is 45.9 Å². The molecule has 2 nitrogen and oxygen atoms in total. The summed E-state index contributed by atoms with van der Waals surface area (Å²) in [5, 5.41) is 6.64. The Kier molecular flexibility index (Phi) is 4.15. The van der Waals surface area contributed by atoms with Crippen LogP contribution in [0.25, 0.3) is 0 Å². The standard InChI is InChI=1S/C13H22N2/c1-5-14-12-8-6-11(7-9-12)10-15-13(2,3)4/h5-6,8,14-15H,1,7,9-10H2,2-4H3. The molecule has 1 aliphatic carbocycles. The second-order valence-electron chi connectivity index (χ2n) is 4.97. The summed E-state index contributed by atoms with van der Waals surface area (Å²) in [7, 11) is 0. The molecular weight excluding hydrogens is 184 g/mol. The van der Waals surface area contributed by atoms with E-state index in [0.29, 0.717) is 0 Å². The van der Waals surface area contributed by atoms with Crippen molar-refractivity contribution in [3.8, 4) is 0 Å². The molecule has 0 bridgehead atoms. The summed E-state index contributed by atoms with van der Waals surface area (Å²) in [6.07, 6.45) is 8.30. The zero-order valence-electron chi connectivity index (χ0n) is 10.1. The Labute approximate surface area is 93.1 Å². The molecule has 0 aromatic heterocycles. The molecule has 0 fully saturated rings. The Morgan fingerprint density at radius 3 is 2.53 bits per heavy atom. The highest BCUT2D eigenvalue weighted by atomic mass is 14.9. The molecule has 0 saturated heterocycles. The quantitative estimate of drug-likeness (QED) is 0.739. The van der Waals surface area contributed by atoms with Crippen LogP contribution in [0.1, 0.15) is 33.6 Å². The summed E-state index contributed by atoms with van der Waals surface area (Å²) in [5.74, 6) is 0. The Morgan fingerprint density at radius 2 is 2.07 bits per heavy atom. The predicted molar refractivity (Wildman–Crippen MR) is 66.5 cm³/mol. The van der Waals surface area contributed by atoms with Gasteiger partial charge >= 0.3 is 0 Å². The molecule has 15 heavy (non-hydrogen) atoms. The maximum absolute atomic E-state index is 3.66. The molecule has 0 heterocycles. The first kappa shape index (κ1) is 12.1. The second kappa shape index (κ2) is 5.17. The highest BCUT2D eigenvalue weighted by Gasteiger charge is 2.11. The van der Waals surface area contributed by atoms with Crippen LogP contribution in [0.2, 0.25) is 0 Å². The highest BCUT2D eigenvalue weighted by molar-refractivity contribution is 5.24. The summed E-state index contributed by atoms with van der Waals surface area (Å²) in [6.45, 7) is 11.2. The van der Waals surface area contributed by atoms with Crippen LogP contribution in [0, 0.1) is 0 Å². The van der Waals surface area contributed by atoms with Gasteiger partial charge in [0.25, 0.3) is 0 Å². The molecule has 0 aromatic rings. The minimum Gasteiger partial charge on any atom is -0.366 e. The van der Waals surface area contributed by atoms with E-state index in [9.17, 15) is 0 Å². The summed E-state index contributed by atoms with van der Waals surface area (Å²) < 4.78 is 0. The molecule has 84 valence electrons. The van der Waals surface area contributed by atoms with Crippen molar-refractivity contribution in [1.82, 2.24) is 10.6 Å². The van der Waals surface area contributed by atoms with Gasteiger partial charge in [-0.25, -0.2) is 0 Å². The van der Waals surface area contributed by atoms with Crippen molar-refractivity contribution in [2.45, 2.75) is 39.2 Å². The van der Waals surface area contributed by atoms with Crippen LogP contribution in [0.3, 0.4) is 0 Å². The van der Waals surface area contributed by atoms with Crippen LogP contribution in [-0.4, -0.2) is 12.1 Å². The molecule has 0 unspecified atom stereocenters. The van der Waals surface area contributed by atoms with E-state index in [-0.39, 0.29) is 5.54 Å². The SMILES string of the molecule is C=CNC1=CC=C(CNC(C)(C)C)CC1. The van der Waals surface area contributed by atoms with E-state index in [1.54, 1.807) is 6.20 Å². The van der Waals surface area contributed by atoms with Crippen molar-refractivity contribution in [3.05, 3.63) is 36.2 Å². The molecule has 0 aromatic carbocycles. The predicted octanol–water partition coefficient (Wildman–Crippen LogP) is 2.71. The van der Waals surface area contributed by atoms with Crippen molar-refractivity contribution in [2.75, 3.05) is 6.54 Å². The number of hydrogen-bond donors (Lipinski definition) is 2. The van der Waals surface area contributed by atoms with E-state index in [1.165, 1.54) is 11.3 Å². The lowest BCUT2D eigenvalue weighted by Gasteiger charge is -2.23. The van der Waals surface area contributed by atoms with Crippen LogP contribution in [-0.2, 0) is 0 Å². The van der Waals surface area contributed by atoms with Crippen LogP contribution < -0.4 is 10.6 Å². The number of hydrogen-bond acceptors (Lipinski definition) is 2. The Bertz CT molecular complexity index is 279. The van der Waals surface area contributed by atoms with Crippen LogP contribution in [0.15, 0.2) is 36.2 Å². The highest BCUT2D eigenvalue weighted by Crippen LogP contribution is 2.16. The summed E-state index contributed by atoms with van der Waals surface area (Å²) in [5.41, 5.74) is 2.92. The maximum Gasteiger partial charge on any atom is 0.0172 e. The third kappa shape index (κ3) is 4.84. The van der Waals surface area contributed by atoms with Gasteiger partial charge in [0, 0.05) is 17.8 Å². The average Bonchev–Trinajstić information content (AvgIpc) is 2.16. The molecular formula is C13H22N2. The Morgan fingerprint density at radius 1 is 1.33 bits per heavy atom. The van der Waals surface area contributed by atoms with E-state index in [2.05, 4.69) is 50.1 Å². The molecule has 1 rings (SSSR count). The first-order valence-electron chi connectivity index (χ1n) is 5.52. The van der Waals surface area contributed by atoms with Gasteiger partial charge in [0.15, 0.2) is 0 Å². The van der Waals surface area contributed by atoms with E-state index in [1.807, 2.05) is 0 Å². The van der Waals surface area contributed by atoms with Gasteiger partial charge in [0.1, 0.15) is 0 Å². The smallest absolute Gasteiger partial charge is 0.0172 e. The second-order valence-corrected chi connectivity index (χ2v) is 4.97. The van der Waals surface area contributed by atoms with Crippen molar-refractivity contribution < 1.29 is 0 Å². The van der Waals surface area contributed by atoms with E-state index < -0.39 is 0 Å². The van der Waals surface area contributed by atoms with Crippen molar-refractivity contribution in [1.29, 1.82) is 0 Å². The monoisotopic (exact) mass is 206 g/mol. The van der Waals surface area contributed by atoms with Gasteiger partial charge in [0.2, 0.25) is 0 Å². The van der Waals surface area contributed by atoms with Crippen molar-refractivity contribution in [3.63, 3.8) is 0 Å². The number of nitrogens with one attached hydrogen (secondary N) is 2. The molecule has 0 aliphatic heterocycles. The summed E-state index contributed by atoms with van der Waals surface area (Å²) in [4.78, 5) is 0. The summed E-state index contributed by atoms with van der Waals surface area (Å²) >= 11 is 0. The fourth-order valence-electron chi connectivity index (χ4n) is 1.46. The molecule has 2 N–H and O–H groups in total. The van der Waals surface area contributed by atoms with Crippen LogP contribution >= 0.6 is 0 Å². The van der Waals surface area contributed by atoms with Gasteiger partial charge in [-0.1, -0.05) is 18.2 Å². The third-order valence-corrected chi connectivity index (χ3v) is 2.37. The van der Waals surface area contributed by atoms with E-state index >= 15 is 0 Å². The minimum atomic E-state index is 0.199. The zero-order chi connectivity index (χ0) is 11.3. The Hall–Kier alpha value is -1.02. The Balaban J connectivity index is 2.42. The molecule has 1 aliphatic rings. The lowest BCUT2D eigenvalue weighted by molar-refractivity contribution is 0.441. The topological polar surface area (TPSA) is 24.1 Å². The summed E-state index contributed by atoms with van der Waals surface area (Å²) in [6, 6.07) is 0. The van der Waals surface area contributed by atoms with E-state index in [0.717, 1.165) is 19.4 Å². The largest absolute Gasteiger partial charge is 0.366 e. The van der Waals surface area contributed by atoms with Gasteiger partial charge in [-0.2, -0.15) is 0 Å². The minimum absolute atomic E-state index is 0.199. The number of allylic oxidation sites excluding steroid dienone is 3. The van der Waals surface area contributed by atoms with Gasteiger partial charge < -0.3 is 10.6 Å². The fraction of sp³-hybridized carbons (Fsp3) is 0.538. The molecule has 0 amide bonds. The van der Waals surface area contributed by atoms with Crippen LogP contribution in [0.5, 0.6) is 0 Å². The molecule has 2 heteroatoms. The molecule has 0 radical (unpaired) electrons. The van der Waals surface area contributed by atoms with Gasteiger partial charge in [-0.15, -0.1) is 0 Å². The zero-order valence-corrected chi connectivity index (χ0v) is 10.1.